The first kappa shape index (κ1) is 28.0. The third kappa shape index (κ3) is 9.23. The molecule has 0 aliphatic rings. The molecule has 0 aliphatic heterocycles. The van der Waals surface area contributed by atoms with Crippen LogP contribution in [0.3, 0.4) is 0 Å². The van der Waals surface area contributed by atoms with Gasteiger partial charge in [-0.2, -0.15) is 0 Å². The second kappa shape index (κ2) is 12.9. The van der Waals surface area contributed by atoms with Gasteiger partial charge in [0, 0.05) is 18.3 Å². The molecule has 0 saturated carbocycles. The Morgan fingerprint density at radius 3 is 2.06 bits per heavy atom. The number of carbonyl (C=O) groups is 6. The van der Waals surface area contributed by atoms with Crippen molar-refractivity contribution in [3.63, 3.8) is 0 Å². The monoisotopic (exact) mass is 483 g/mol. The summed E-state index contributed by atoms with van der Waals surface area (Å²) in [6.07, 6.45) is 1.36. The van der Waals surface area contributed by atoms with Gasteiger partial charge in [-0.15, -0.1) is 0 Å². The number of amides is 4. The van der Waals surface area contributed by atoms with Crippen LogP contribution in [0.25, 0.3) is 0 Å². The second-order valence-corrected chi connectivity index (χ2v) is 7.85. The number of aromatic amines is 1. The summed E-state index contributed by atoms with van der Waals surface area (Å²) in [4.78, 5) is 77.7. The van der Waals surface area contributed by atoms with Crippen LogP contribution in [0.4, 0.5) is 0 Å². The molecule has 0 spiro atoms. The van der Waals surface area contributed by atoms with E-state index in [9.17, 15) is 28.8 Å². The van der Waals surface area contributed by atoms with Gasteiger partial charge in [0.15, 0.2) is 0 Å². The number of aliphatic carboxylic acids is 2. The number of rotatable bonds is 14. The summed E-state index contributed by atoms with van der Waals surface area (Å²) in [5, 5.41) is 24.9. The third-order valence-electron chi connectivity index (χ3n) is 4.61. The third-order valence-corrected chi connectivity index (χ3v) is 4.61. The van der Waals surface area contributed by atoms with Crippen LogP contribution in [0, 0.1) is 5.92 Å². The average Bonchev–Trinajstić information content (AvgIpc) is 3.22. The van der Waals surface area contributed by atoms with Gasteiger partial charge in [-0.25, -0.2) is 9.78 Å². The van der Waals surface area contributed by atoms with Gasteiger partial charge in [-0.1, -0.05) is 13.8 Å². The number of hydrogen-bond acceptors (Lipinski definition) is 8. The summed E-state index contributed by atoms with van der Waals surface area (Å²) in [6, 6.07) is -5.54. The highest BCUT2D eigenvalue weighted by molar-refractivity contribution is 5.95. The number of primary amides is 1. The minimum atomic E-state index is -1.71. The summed E-state index contributed by atoms with van der Waals surface area (Å²) in [6.45, 7) is 3.14. The van der Waals surface area contributed by atoms with Crippen LogP contribution >= 0.6 is 0 Å². The number of nitrogens with two attached hydrogens (primary N) is 2. The molecule has 1 rings (SSSR count). The normalized spacial score (nSPS) is 14.4. The Morgan fingerprint density at radius 2 is 1.59 bits per heavy atom. The molecule has 0 fully saturated rings. The molecule has 0 bridgehead atoms. The predicted molar refractivity (Wildman–Crippen MR) is 115 cm³/mol. The fourth-order valence-corrected chi connectivity index (χ4v) is 2.84. The van der Waals surface area contributed by atoms with Crippen molar-refractivity contribution in [2.75, 3.05) is 0 Å². The molecule has 0 saturated heterocycles. The van der Waals surface area contributed by atoms with Crippen molar-refractivity contribution in [1.29, 1.82) is 0 Å². The molecular formula is C19H29N7O8. The van der Waals surface area contributed by atoms with Gasteiger partial charge in [0.05, 0.1) is 25.2 Å². The van der Waals surface area contributed by atoms with Crippen LogP contribution in [0.2, 0.25) is 0 Å². The minimum absolute atomic E-state index is 0.0793. The van der Waals surface area contributed by atoms with Gasteiger partial charge >= 0.3 is 11.9 Å². The molecule has 15 nitrogen and oxygen atoms in total. The maximum absolute atomic E-state index is 13.0. The molecule has 4 atom stereocenters. The maximum Gasteiger partial charge on any atom is 0.326 e. The highest BCUT2D eigenvalue weighted by Gasteiger charge is 2.33. The van der Waals surface area contributed by atoms with E-state index >= 15 is 0 Å². The first-order valence-electron chi connectivity index (χ1n) is 10.2. The lowest BCUT2D eigenvalue weighted by molar-refractivity contribution is -0.147. The highest BCUT2D eigenvalue weighted by Crippen LogP contribution is 2.07. The van der Waals surface area contributed by atoms with Gasteiger partial charge in [0.2, 0.25) is 23.6 Å². The second-order valence-electron chi connectivity index (χ2n) is 7.85. The molecule has 1 aromatic heterocycles. The summed E-state index contributed by atoms with van der Waals surface area (Å²) >= 11 is 0. The fourth-order valence-electron chi connectivity index (χ4n) is 2.84. The highest BCUT2D eigenvalue weighted by atomic mass is 16.4. The van der Waals surface area contributed by atoms with Crippen LogP contribution < -0.4 is 27.4 Å². The lowest BCUT2D eigenvalue weighted by Gasteiger charge is -2.26. The van der Waals surface area contributed by atoms with Crippen molar-refractivity contribution < 1.29 is 39.0 Å². The molecule has 10 N–H and O–H groups in total. The van der Waals surface area contributed by atoms with E-state index in [4.69, 9.17) is 21.7 Å². The zero-order valence-corrected chi connectivity index (χ0v) is 18.6. The topological polar surface area (TPSA) is 260 Å². The summed E-state index contributed by atoms with van der Waals surface area (Å²) < 4.78 is 0. The predicted octanol–water partition coefficient (Wildman–Crippen LogP) is -3.18. The fraction of sp³-hybridized carbons (Fsp3) is 0.526. The number of nitrogens with zero attached hydrogens (tertiary/aromatic N) is 1. The zero-order valence-electron chi connectivity index (χ0n) is 18.6. The standard InChI is InChI=1S/C19H29N7O8/c1-8(2)15(18(32)25-12(19(33)34)5-14(28)29)26-17(31)11(3-9-6-22-7-23-9)24-16(30)10(20)4-13(21)27/h6-8,10-12,15H,3-5,20H2,1-2H3,(H2,21,27)(H,22,23)(H,24,30)(H,25,32)(H,26,31)(H,28,29)(H,33,34). The van der Waals surface area contributed by atoms with E-state index in [0.29, 0.717) is 5.69 Å². The van der Waals surface area contributed by atoms with E-state index in [-0.39, 0.29) is 6.42 Å². The number of H-pyrrole nitrogens is 1. The molecule has 4 amide bonds. The van der Waals surface area contributed by atoms with Gasteiger partial charge in [0.25, 0.3) is 0 Å². The summed E-state index contributed by atoms with van der Waals surface area (Å²) in [7, 11) is 0. The molecule has 0 radical (unpaired) electrons. The Bertz CT molecular complexity index is 902. The largest absolute Gasteiger partial charge is 0.481 e. The van der Waals surface area contributed by atoms with E-state index in [1.165, 1.54) is 12.5 Å². The van der Waals surface area contributed by atoms with E-state index in [1.54, 1.807) is 13.8 Å². The molecule has 15 heteroatoms. The lowest BCUT2D eigenvalue weighted by Crippen LogP contribution is -2.59. The Morgan fingerprint density at radius 1 is 0.971 bits per heavy atom. The number of hydrogen-bond donors (Lipinski definition) is 8. The molecule has 34 heavy (non-hydrogen) atoms. The van der Waals surface area contributed by atoms with Crippen LogP contribution in [-0.4, -0.2) is 79.9 Å². The van der Waals surface area contributed by atoms with Crippen molar-refractivity contribution in [3.05, 3.63) is 18.2 Å². The van der Waals surface area contributed by atoms with Crippen molar-refractivity contribution in [3.8, 4) is 0 Å². The van der Waals surface area contributed by atoms with Crippen molar-refractivity contribution in [2.45, 2.75) is 57.3 Å². The van der Waals surface area contributed by atoms with Crippen LogP contribution in [0.5, 0.6) is 0 Å². The molecule has 0 aromatic carbocycles. The zero-order chi connectivity index (χ0) is 26.0. The van der Waals surface area contributed by atoms with Gasteiger partial charge in [0.1, 0.15) is 18.1 Å². The smallest absolute Gasteiger partial charge is 0.326 e. The van der Waals surface area contributed by atoms with E-state index in [0.717, 1.165) is 0 Å². The molecular weight excluding hydrogens is 454 g/mol. The molecule has 1 heterocycles. The van der Waals surface area contributed by atoms with E-state index in [2.05, 4.69) is 25.9 Å². The van der Waals surface area contributed by atoms with Gasteiger partial charge < -0.3 is 42.6 Å². The van der Waals surface area contributed by atoms with Gasteiger partial charge in [-0.3, -0.25) is 24.0 Å². The molecule has 0 aliphatic carbocycles. The summed E-state index contributed by atoms with van der Waals surface area (Å²) in [5.41, 5.74) is 11.1. The number of nitrogens with one attached hydrogen (secondary N) is 4. The van der Waals surface area contributed by atoms with Crippen LogP contribution in [0.1, 0.15) is 32.4 Å². The first-order valence-corrected chi connectivity index (χ1v) is 10.2. The Balaban J connectivity index is 3.03. The SMILES string of the molecule is CC(C)C(NC(=O)C(Cc1cnc[nH]1)NC(=O)C(N)CC(N)=O)C(=O)NC(CC(=O)O)C(=O)O. The minimum Gasteiger partial charge on any atom is -0.481 e. The number of aromatic nitrogens is 2. The van der Waals surface area contributed by atoms with Crippen molar-refractivity contribution >= 4 is 35.6 Å². The van der Waals surface area contributed by atoms with Gasteiger partial charge in [-0.05, 0) is 5.92 Å². The molecule has 4 unspecified atom stereocenters. The number of carbonyl (C=O) groups excluding carboxylic acids is 4. The maximum atomic E-state index is 13.0. The lowest BCUT2D eigenvalue weighted by atomic mass is 10.0. The quantitative estimate of drug-likeness (QED) is 0.131. The van der Waals surface area contributed by atoms with Crippen LogP contribution in [0.15, 0.2) is 12.5 Å². The number of carboxylic acids is 2. The Hall–Kier alpha value is -4.01. The van der Waals surface area contributed by atoms with Crippen molar-refractivity contribution in [1.82, 2.24) is 25.9 Å². The molecule has 188 valence electrons. The number of imidazole rings is 1. The number of carboxylic acid groups (broad SMARTS) is 2. The average molecular weight is 483 g/mol. The Kier molecular flexibility index (Phi) is 10.6. The summed E-state index contributed by atoms with van der Waals surface area (Å²) in [5.74, 6) is -6.92. The first-order chi connectivity index (χ1) is 15.8. The van der Waals surface area contributed by atoms with Crippen LogP contribution in [-0.2, 0) is 35.2 Å². The van der Waals surface area contributed by atoms with E-state index < -0.39 is 78.5 Å². The van der Waals surface area contributed by atoms with E-state index in [1.807, 2.05) is 0 Å². The van der Waals surface area contributed by atoms with Crippen molar-refractivity contribution in [2.24, 2.45) is 17.4 Å². The molecule has 1 aromatic rings. The Labute approximate surface area is 194 Å².